The van der Waals surface area contributed by atoms with Crippen molar-refractivity contribution in [2.75, 3.05) is 0 Å². The van der Waals surface area contributed by atoms with E-state index >= 15 is 0 Å². The normalized spacial score (nSPS) is 10.5. The Kier molecular flexibility index (Phi) is 3.76. The number of nitrogens with zero attached hydrogens (tertiary/aromatic N) is 2. The van der Waals surface area contributed by atoms with Crippen molar-refractivity contribution in [1.29, 1.82) is 5.26 Å². The van der Waals surface area contributed by atoms with Crippen LogP contribution in [0.4, 0.5) is 8.78 Å². The Bertz CT molecular complexity index is 651. The molecule has 2 aromatic rings. The summed E-state index contributed by atoms with van der Waals surface area (Å²) in [7, 11) is 0. The van der Waals surface area contributed by atoms with Crippen LogP contribution in [0.2, 0.25) is 0 Å². The quantitative estimate of drug-likeness (QED) is 0.907. The third-order valence-electron chi connectivity index (χ3n) is 2.47. The first-order chi connectivity index (χ1) is 9.02. The monoisotopic (exact) mass is 324 g/mol. The maximum atomic E-state index is 12.7. The van der Waals surface area contributed by atoms with Crippen molar-refractivity contribution in [3.8, 4) is 23.1 Å². The molecule has 0 radical (unpaired) electrons. The molecule has 1 aromatic heterocycles. The van der Waals surface area contributed by atoms with Gasteiger partial charge in [-0.25, -0.2) is 13.8 Å². The van der Waals surface area contributed by atoms with Gasteiger partial charge < -0.3 is 5.11 Å². The molecule has 0 aliphatic rings. The molecule has 0 spiro atoms. The summed E-state index contributed by atoms with van der Waals surface area (Å²) in [6.07, 6.45) is -2.81. The summed E-state index contributed by atoms with van der Waals surface area (Å²) < 4.78 is 26.2. The van der Waals surface area contributed by atoms with E-state index in [0.717, 1.165) is 10.5 Å². The van der Waals surface area contributed by atoms with Crippen LogP contribution in [0.15, 0.2) is 34.8 Å². The maximum absolute atomic E-state index is 12.7. The molecule has 3 nitrogen and oxygen atoms in total. The van der Waals surface area contributed by atoms with Crippen LogP contribution in [0.3, 0.4) is 0 Å². The van der Waals surface area contributed by atoms with E-state index in [4.69, 9.17) is 5.26 Å². The predicted molar refractivity (Wildman–Crippen MR) is 68.7 cm³/mol. The summed E-state index contributed by atoms with van der Waals surface area (Å²) >= 11 is 3.25. The SMILES string of the molecule is N#Cc1c(O)cc(C(F)F)nc1-c1ccc(Br)cc1. The van der Waals surface area contributed by atoms with Crippen LogP contribution in [0, 0.1) is 11.3 Å². The molecular formula is C13H7BrF2N2O. The first kappa shape index (κ1) is 13.4. The largest absolute Gasteiger partial charge is 0.506 e. The van der Waals surface area contributed by atoms with E-state index in [9.17, 15) is 13.9 Å². The average Bonchev–Trinajstić information content (AvgIpc) is 2.38. The molecule has 96 valence electrons. The van der Waals surface area contributed by atoms with E-state index < -0.39 is 17.9 Å². The summed E-state index contributed by atoms with van der Waals surface area (Å²) in [4.78, 5) is 3.76. The lowest BCUT2D eigenvalue weighted by Gasteiger charge is -2.08. The fraction of sp³-hybridized carbons (Fsp3) is 0.0769. The minimum absolute atomic E-state index is 0.0466. The van der Waals surface area contributed by atoms with E-state index in [2.05, 4.69) is 20.9 Å². The van der Waals surface area contributed by atoms with Crippen LogP contribution in [-0.4, -0.2) is 10.1 Å². The Labute approximate surface area is 116 Å². The Morgan fingerprint density at radius 2 is 1.89 bits per heavy atom. The van der Waals surface area contributed by atoms with Gasteiger partial charge in [0.25, 0.3) is 6.43 Å². The first-order valence-corrected chi connectivity index (χ1v) is 6.00. The van der Waals surface area contributed by atoms with E-state index in [1.807, 2.05) is 0 Å². The highest BCUT2D eigenvalue weighted by molar-refractivity contribution is 9.10. The molecule has 0 aliphatic carbocycles. The molecule has 1 aromatic carbocycles. The highest BCUT2D eigenvalue weighted by Crippen LogP contribution is 2.32. The number of rotatable bonds is 2. The molecule has 2 rings (SSSR count). The summed E-state index contributed by atoms with van der Waals surface area (Å²) in [5.74, 6) is -0.495. The lowest BCUT2D eigenvalue weighted by atomic mass is 10.1. The Balaban J connectivity index is 2.67. The smallest absolute Gasteiger partial charge is 0.280 e. The molecule has 1 N–H and O–H groups in total. The van der Waals surface area contributed by atoms with Gasteiger partial charge in [-0.1, -0.05) is 28.1 Å². The minimum Gasteiger partial charge on any atom is -0.506 e. The van der Waals surface area contributed by atoms with Crippen LogP contribution >= 0.6 is 15.9 Å². The number of hydrogen-bond donors (Lipinski definition) is 1. The van der Waals surface area contributed by atoms with Gasteiger partial charge in [0.1, 0.15) is 23.1 Å². The summed E-state index contributed by atoms with van der Waals surface area (Å²) in [6.45, 7) is 0. The number of benzene rings is 1. The lowest BCUT2D eigenvalue weighted by molar-refractivity contribution is 0.146. The zero-order valence-corrected chi connectivity index (χ0v) is 11.0. The maximum Gasteiger partial charge on any atom is 0.280 e. The first-order valence-electron chi connectivity index (χ1n) is 5.21. The number of hydrogen-bond acceptors (Lipinski definition) is 3. The van der Waals surface area contributed by atoms with E-state index in [1.54, 1.807) is 30.3 Å². The van der Waals surface area contributed by atoms with Gasteiger partial charge in [0.2, 0.25) is 0 Å². The van der Waals surface area contributed by atoms with Gasteiger partial charge in [-0.15, -0.1) is 0 Å². The van der Waals surface area contributed by atoms with E-state index in [-0.39, 0.29) is 11.3 Å². The lowest BCUT2D eigenvalue weighted by Crippen LogP contribution is -1.97. The highest BCUT2D eigenvalue weighted by Gasteiger charge is 2.18. The van der Waals surface area contributed by atoms with Gasteiger partial charge in [-0.05, 0) is 12.1 Å². The van der Waals surface area contributed by atoms with Crippen molar-refractivity contribution in [2.45, 2.75) is 6.43 Å². The average molecular weight is 325 g/mol. The van der Waals surface area contributed by atoms with Gasteiger partial charge in [-0.3, -0.25) is 0 Å². The topological polar surface area (TPSA) is 56.9 Å². The Morgan fingerprint density at radius 3 is 2.42 bits per heavy atom. The molecule has 0 fully saturated rings. The molecule has 0 unspecified atom stereocenters. The third kappa shape index (κ3) is 2.71. The molecule has 0 saturated heterocycles. The molecule has 0 atom stereocenters. The minimum atomic E-state index is -2.81. The van der Waals surface area contributed by atoms with E-state index in [0.29, 0.717) is 5.56 Å². The molecule has 0 saturated carbocycles. The summed E-state index contributed by atoms with van der Waals surface area (Å²) in [5.41, 5.74) is -0.149. The van der Waals surface area contributed by atoms with Crippen LogP contribution in [-0.2, 0) is 0 Å². The molecule has 0 aliphatic heterocycles. The third-order valence-corrected chi connectivity index (χ3v) is 3.00. The second-order valence-corrected chi connectivity index (χ2v) is 4.62. The van der Waals surface area contributed by atoms with Gasteiger partial charge in [-0.2, -0.15) is 5.26 Å². The number of pyridine rings is 1. The zero-order chi connectivity index (χ0) is 14.0. The fourth-order valence-corrected chi connectivity index (χ4v) is 1.85. The van der Waals surface area contributed by atoms with Crippen molar-refractivity contribution < 1.29 is 13.9 Å². The van der Waals surface area contributed by atoms with Crippen molar-refractivity contribution in [2.24, 2.45) is 0 Å². The molecule has 19 heavy (non-hydrogen) atoms. The van der Waals surface area contributed by atoms with Crippen molar-refractivity contribution >= 4 is 15.9 Å². The molecular weight excluding hydrogens is 318 g/mol. The Hall–Kier alpha value is -2.00. The molecule has 6 heteroatoms. The Morgan fingerprint density at radius 1 is 1.26 bits per heavy atom. The highest BCUT2D eigenvalue weighted by atomic mass is 79.9. The second kappa shape index (κ2) is 5.33. The van der Waals surface area contributed by atoms with Gasteiger partial charge in [0, 0.05) is 16.1 Å². The van der Waals surface area contributed by atoms with Crippen molar-refractivity contribution in [1.82, 2.24) is 4.98 Å². The van der Waals surface area contributed by atoms with Crippen LogP contribution < -0.4 is 0 Å². The number of halogens is 3. The van der Waals surface area contributed by atoms with Crippen molar-refractivity contribution in [3.63, 3.8) is 0 Å². The second-order valence-electron chi connectivity index (χ2n) is 3.71. The number of aromatic nitrogens is 1. The molecule has 1 heterocycles. The van der Waals surface area contributed by atoms with Gasteiger partial charge in [0.15, 0.2) is 0 Å². The molecule has 0 bridgehead atoms. The standard InChI is InChI=1S/C13H7BrF2N2O/c14-8-3-1-7(2-4-8)12-9(6-17)11(19)5-10(18-12)13(15)16/h1-5,13H,(H,18,19). The predicted octanol–water partition coefficient (Wildman–Crippen LogP) is 4.03. The van der Waals surface area contributed by atoms with Crippen LogP contribution in [0.1, 0.15) is 17.7 Å². The summed E-state index contributed by atoms with van der Waals surface area (Å²) in [6, 6.07) is 9.24. The molecule has 0 amide bonds. The summed E-state index contributed by atoms with van der Waals surface area (Å²) in [5, 5.41) is 18.6. The van der Waals surface area contributed by atoms with E-state index in [1.165, 1.54) is 0 Å². The number of nitriles is 1. The number of alkyl halides is 2. The zero-order valence-electron chi connectivity index (χ0n) is 9.44. The van der Waals surface area contributed by atoms with Crippen LogP contribution in [0.5, 0.6) is 5.75 Å². The van der Waals surface area contributed by atoms with Gasteiger partial charge in [0.05, 0.1) is 5.69 Å². The number of aromatic hydroxyl groups is 1. The van der Waals surface area contributed by atoms with Crippen LogP contribution in [0.25, 0.3) is 11.3 Å². The van der Waals surface area contributed by atoms with Gasteiger partial charge >= 0.3 is 0 Å². The fourth-order valence-electron chi connectivity index (χ4n) is 1.59. The van der Waals surface area contributed by atoms with Crippen molar-refractivity contribution in [3.05, 3.63) is 46.1 Å².